The molecular weight excluding hydrogens is 488 g/mol. The molecule has 1 atom stereocenters. The molecule has 1 N–H and O–H groups in total. The number of sulfonamides is 1. The highest BCUT2D eigenvalue weighted by Crippen LogP contribution is 2.34. The minimum Gasteiger partial charge on any atom is -0.496 e. The van der Waals surface area contributed by atoms with E-state index in [-0.39, 0.29) is 22.5 Å². The van der Waals surface area contributed by atoms with Gasteiger partial charge < -0.3 is 14.8 Å². The van der Waals surface area contributed by atoms with E-state index in [2.05, 4.69) is 19.2 Å². The number of amides is 1. The van der Waals surface area contributed by atoms with Gasteiger partial charge in [0.25, 0.3) is 10.0 Å². The molecule has 3 aromatic rings. The van der Waals surface area contributed by atoms with Crippen molar-refractivity contribution in [3.05, 3.63) is 82.9 Å². The van der Waals surface area contributed by atoms with Crippen LogP contribution >= 0.6 is 0 Å². The second-order valence-corrected chi connectivity index (χ2v) is 11.3. The molecule has 0 saturated heterocycles. The number of nitrogens with one attached hydrogen (secondary N) is 1. The van der Waals surface area contributed by atoms with Crippen LogP contribution in [0, 0.1) is 13.8 Å². The van der Waals surface area contributed by atoms with Gasteiger partial charge in [0.05, 0.1) is 30.8 Å². The van der Waals surface area contributed by atoms with E-state index in [0.717, 1.165) is 32.3 Å². The number of methoxy groups -OCH3 is 2. The molecule has 0 aliphatic rings. The molecule has 0 bridgehead atoms. The molecule has 0 fully saturated rings. The van der Waals surface area contributed by atoms with Crippen LogP contribution in [0.15, 0.2) is 65.6 Å². The van der Waals surface area contributed by atoms with E-state index in [1.807, 2.05) is 32.9 Å². The summed E-state index contributed by atoms with van der Waals surface area (Å²) in [5.41, 5.74) is 4.19. The fourth-order valence-electron chi connectivity index (χ4n) is 4.28. The van der Waals surface area contributed by atoms with E-state index < -0.39 is 22.5 Å². The number of aryl methyl sites for hydroxylation is 2. The average Bonchev–Trinajstić information content (AvgIpc) is 2.86. The predicted octanol–water partition coefficient (Wildman–Crippen LogP) is 5.52. The highest BCUT2D eigenvalue weighted by molar-refractivity contribution is 7.92. The maximum atomic E-state index is 13.7. The molecule has 1 unspecified atom stereocenters. The predicted molar refractivity (Wildman–Crippen MR) is 147 cm³/mol. The molecule has 198 valence electrons. The van der Waals surface area contributed by atoms with Crippen molar-refractivity contribution in [1.82, 2.24) is 5.32 Å². The zero-order chi connectivity index (χ0) is 27.3. The molecule has 8 heteroatoms. The van der Waals surface area contributed by atoms with Crippen LogP contribution in [-0.2, 0) is 14.8 Å². The van der Waals surface area contributed by atoms with Crippen LogP contribution in [0.25, 0.3) is 0 Å². The molecular formula is C29H36N2O5S. The van der Waals surface area contributed by atoms with Crippen molar-refractivity contribution in [3.63, 3.8) is 0 Å². The largest absolute Gasteiger partial charge is 0.496 e. The highest BCUT2D eigenvalue weighted by Gasteiger charge is 2.30. The summed E-state index contributed by atoms with van der Waals surface area (Å²) in [6, 6.07) is 17.0. The summed E-state index contributed by atoms with van der Waals surface area (Å²) < 4.78 is 39.5. The lowest BCUT2D eigenvalue weighted by Gasteiger charge is -2.27. The Kier molecular flexibility index (Phi) is 8.86. The van der Waals surface area contributed by atoms with E-state index in [1.165, 1.54) is 7.11 Å². The maximum absolute atomic E-state index is 13.7. The number of anilines is 1. The van der Waals surface area contributed by atoms with Crippen molar-refractivity contribution in [2.45, 2.75) is 51.5 Å². The Morgan fingerprint density at radius 2 is 1.51 bits per heavy atom. The van der Waals surface area contributed by atoms with Gasteiger partial charge in [0.1, 0.15) is 18.0 Å². The van der Waals surface area contributed by atoms with E-state index in [0.29, 0.717) is 5.75 Å². The van der Waals surface area contributed by atoms with Gasteiger partial charge in [0.2, 0.25) is 5.91 Å². The van der Waals surface area contributed by atoms with Crippen LogP contribution in [-0.4, -0.2) is 35.1 Å². The van der Waals surface area contributed by atoms with Gasteiger partial charge in [-0.1, -0.05) is 43.7 Å². The summed E-state index contributed by atoms with van der Waals surface area (Å²) in [5.74, 6) is 0.959. The summed E-state index contributed by atoms with van der Waals surface area (Å²) in [6.07, 6.45) is 0. The molecule has 0 heterocycles. The molecule has 0 saturated carbocycles. The van der Waals surface area contributed by atoms with Crippen LogP contribution < -0.4 is 19.1 Å². The zero-order valence-corrected chi connectivity index (χ0v) is 23.3. The topological polar surface area (TPSA) is 84.9 Å². The lowest BCUT2D eigenvalue weighted by Crippen LogP contribution is -2.41. The number of para-hydroxylation sites is 2. The lowest BCUT2D eigenvalue weighted by atomic mass is 9.93. The Morgan fingerprint density at radius 1 is 0.892 bits per heavy atom. The molecule has 0 aromatic heterocycles. The van der Waals surface area contributed by atoms with Gasteiger partial charge in [-0.15, -0.1) is 0 Å². The average molecular weight is 525 g/mol. The fourth-order valence-corrected chi connectivity index (χ4v) is 5.71. The van der Waals surface area contributed by atoms with Crippen LogP contribution in [0.1, 0.15) is 55.0 Å². The van der Waals surface area contributed by atoms with Gasteiger partial charge in [-0.25, -0.2) is 8.42 Å². The second kappa shape index (κ2) is 11.7. The third kappa shape index (κ3) is 6.25. The van der Waals surface area contributed by atoms with Crippen LogP contribution in [0.5, 0.6) is 11.5 Å². The van der Waals surface area contributed by atoms with E-state index >= 15 is 0 Å². The number of rotatable bonds is 10. The summed E-state index contributed by atoms with van der Waals surface area (Å²) in [6.45, 7) is 9.50. The second-order valence-electron chi connectivity index (χ2n) is 9.39. The van der Waals surface area contributed by atoms with Crippen molar-refractivity contribution in [2.75, 3.05) is 25.1 Å². The molecule has 7 nitrogen and oxygen atoms in total. The van der Waals surface area contributed by atoms with Crippen molar-refractivity contribution in [3.8, 4) is 11.5 Å². The monoisotopic (exact) mass is 524 g/mol. The van der Waals surface area contributed by atoms with Crippen LogP contribution in [0.4, 0.5) is 5.69 Å². The van der Waals surface area contributed by atoms with Crippen LogP contribution in [0.2, 0.25) is 0 Å². The van der Waals surface area contributed by atoms with Crippen molar-refractivity contribution < 1.29 is 22.7 Å². The highest BCUT2D eigenvalue weighted by atomic mass is 32.2. The van der Waals surface area contributed by atoms with Gasteiger partial charge in [0.15, 0.2) is 0 Å². The Labute approximate surface area is 220 Å². The summed E-state index contributed by atoms with van der Waals surface area (Å²) >= 11 is 0. The SMILES string of the molecule is COc1cc(C)c(C(C)NC(=O)CN(c2ccccc2OC)S(=O)(=O)c2ccc(C)cc2)cc1C(C)C. The van der Waals surface area contributed by atoms with E-state index in [9.17, 15) is 13.2 Å². The summed E-state index contributed by atoms with van der Waals surface area (Å²) in [4.78, 5) is 13.4. The van der Waals surface area contributed by atoms with Gasteiger partial charge in [-0.05, 0) is 79.8 Å². The number of carbonyl (C=O) groups excluding carboxylic acids is 1. The first-order valence-corrected chi connectivity index (χ1v) is 13.6. The molecule has 37 heavy (non-hydrogen) atoms. The third-order valence-corrected chi connectivity index (χ3v) is 8.11. The van der Waals surface area contributed by atoms with Crippen molar-refractivity contribution >= 4 is 21.6 Å². The quantitative estimate of drug-likeness (QED) is 0.378. The fraction of sp³-hybridized carbons (Fsp3) is 0.345. The number of nitrogens with zero attached hydrogens (tertiary/aromatic N) is 1. The minimum absolute atomic E-state index is 0.0948. The van der Waals surface area contributed by atoms with Crippen molar-refractivity contribution in [1.29, 1.82) is 0 Å². The number of carbonyl (C=O) groups is 1. The maximum Gasteiger partial charge on any atom is 0.264 e. The molecule has 3 rings (SSSR count). The standard InChI is InChI=1S/C29H36N2O5S/c1-19(2)24-17-25(21(4)16-28(24)36-7)22(5)30-29(32)18-31(26-10-8-9-11-27(26)35-6)37(33,34)23-14-12-20(3)13-15-23/h8-17,19,22H,18H2,1-7H3,(H,30,32). The molecule has 3 aromatic carbocycles. The molecule has 0 spiro atoms. The van der Waals surface area contributed by atoms with Crippen LogP contribution in [0.3, 0.4) is 0 Å². The Bertz CT molecular complexity index is 1350. The third-order valence-electron chi connectivity index (χ3n) is 6.33. The molecule has 1 amide bonds. The van der Waals surface area contributed by atoms with E-state index in [4.69, 9.17) is 9.47 Å². The van der Waals surface area contributed by atoms with E-state index in [1.54, 1.807) is 55.6 Å². The first-order chi connectivity index (χ1) is 17.5. The first kappa shape index (κ1) is 28.1. The number of benzene rings is 3. The Morgan fingerprint density at radius 3 is 2.11 bits per heavy atom. The normalized spacial score (nSPS) is 12.2. The zero-order valence-electron chi connectivity index (χ0n) is 22.5. The molecule has 0 aliphatic heterocycles. The van der Waals surface area contributed by atoms with Gasteiger partial charge in [-0.3, -0.25) is 9.10 Å². The first-order valence-electron chi connectivity index (χ1n) is 12.2. The molecule has 0 aliphatic carbocycles. The Balaban J connectivity index is 1.95. The summed E-state index contributed by atoms with van der Waals surface area (Å²) in [7, 11) is -0.944. The minimum atomic E-state index is -4.06. The Hall–Kier alpha value is -3.52. The number of hydrogen-bond donors (Lipinski definition) is 1. The molecule has 0 radical (unpaired) electrons. The number of hydrogen-bond acceptors (Lipinski definition) is 5. The van der Waals surface area contributed by atoms with Crippen molar-refractivity contribution in [2.24, 2.45) is 0 Å². The lowest BCUT2D eigenvalue weighted by molar-refractivity contribution is -0.120. The number of ether oxygens (including phenoxy) is 2. The smallest absolute Gasteiger partial charge is 0.264 e. The summed E-state index contributed by atoms with van der Waals surface area (Å²) in [5, 5.41) is 2.98. The van der Waals surface area contributed by atoms with Gasteiger partial charge >= 0.3 is 0 Å². The van der Waals surface area contributed by atoms with Gasteiger partial charge in [-0.2, -0.15) is 0 Å². The van der Waals surface area contributed by atoms with Gasteiger partial charge in [0, 0.05) is 0 Å².